The highest BCUT2D eigenvalue weighted by Gasteiger charge is 2.31. The summed E-state index contributed by atoms with van der Waals surface area (Å²) < 4.78 is 10.9. The molecule has 1 saturated carbocycles. The summed E-state index contributed by atoms with van der Waals surface area (Å²) in [5.41, 5.74) is 7.52. The van der Waals surface area contributed by atoms with Crippen molar-refractivity contribution in [3.8, 4) is 0 Å². The molecule has 2 fully saturated rings. The van der Waals surface area contributed by atoms with Crippen molar-refractivity contribution in [1.29, 1.82) is 0 Å². The third-order valence-electron chi connectivity index (χ3n) is 4.37. The molecule has 0 radical (unpaired) electrons. The van der Waals surface area contributed by atoms with Crippen LogP contribution in [0.2, 0.25) is 0 Å². The predicted molar refractivity (Wildman–Crippen MR) is 79.6 cm³/mol. The van der Waals surface area contributed by atoms with E-state index in [9.17, 15) is 4.79 Å². The number of carbonyl (C=O) groups is 1. The van der Waals surface area contributed by atoms with Crippen molar-refractivity contribution >= 4 is 11.6 Å². The van der Waals surface area contributed by atoms with E-state index in [4.69, 9.17) is 15.2 Å². The normalized spacial score (nSPS) is 26.1. The van der Waals surface area contributed by atoms with E-state index in [2.05, 4.69) is 5.32 Å². The summed E-state index contributed by atoms with van der Waals surface area (Å²) in [7, 11) is 0. The quantitative estimate of drug-likeness (QED) is 0.890. The highest BCUT2D eigenvalue weighted by Crippen LogP contribution is 2.32. The van der Waals surface area contributed by atoms with Gasteiger partial charge in [-0.05, 0) is 37.4 Å². The highest BCUT2D eigenvalue weighted by atomic mass is 16.7. The van der Waals surface area contributed by atoms with E-state index in [0.717, 1.165) is 30.5 Å². The van der Waals surface area contributed by atoms with Crippen LogP contribution in [0.1, 0.15) is 31.1 Å². The van der Waals surface area contributed by atoms with Gasteiger partial charge in [0.25, 0.3) is 0 Å². The molecule has 1 saturated heterocycles. The maximum atomic E-state index is 12.3. The van der Waals surface area contributed by atoms with Gasteiger partial charge in [0.1, 0.15) is 0 Å². The van der Waals surface area contributed by atoms with E-state index in [1.165, 1.54) is 0 Å². The topological polar surface area (TPSA) is 73.6 Å². The molecule has 1 aromatic carbocycles. The monoisotopic (exact) mass is 290 g/mol. The van der Waals surface area contributed by atoms with Crippen LogP contribution in [0, 0.1) is 11.8 Å². The van der Waals surface area contributed by atoms with Gasteiger partial charge in [-0.2, -0.15) is 0 Å². The van der Waals surface area contributed by atoms with Gasteiger partial charge in [-0.15, -0.1) is 0 Å². The van der Waals surface area contributed by atoms with Gasteiger partial charge in [0.2, 0.25) is 5.91 Å². The number of rotatable bonds is 4. The molecule has 1 heterocycles. The van der Waals surface area contributed by atoms with E-state index in [-0.39, 0.29) is 18.1 Å². The first-order valence-corrected chi connectivity index (χ1v) is 7.62. The third kappa shape index (κ3) is 3.26. The SMILES string of the molecule is NCC1CCCC1C(=O)Nc1ccc(C2OCCO2)cc1. The molecule has 5 heteroatoms. The van der Waals surface area contributed by atoms with E-state index < -0.39 is 0 Å². The van der Waals surface area contributed by atoms with Crippen LogP contribution < -0.4 is 11.1 Å². The van der Waals surface area contributed by atoms with Crippen LogP contribution in [0.5, 0.6) is 0 Å². The van der Waals surface area contributed by atoms with Gasteiger partial charge in [0, 0.05) is 17.2 Å². The third-order valence-corrected chi connectivity index (χ3v) is 4.37. The Labute approximate surface area is 124 Å². The molecule has 114 valence electrons. The minimum Gasteiger partial charge on any atom is -0.346 e. The molecular formula is C16H22N2O3. The maximum Gasteiger partial charge on any atom is 0.227 e. The summed E-state index contributed by atoms with van der Waals surface area (Å²) in [6.07, 6.45) is 2.82. The van der Waals surface area contributed by atoms with E-state index in [0.29, 0.717) is 25.7 Å². The van der Waals surface area contributed by atoms with Gasteiger partial charge >= 0.3 is 0 Å². The molecule has 2 unspecified atom stereocenters. The Hall–Kier alpha value is -1.43. The molecule has 5 nitrogen and oxygen atoms in total. The van der Waals surface area contributed by atoms with Crippen molar-refractivity contribution in [2.45, 2.75) is 25.6 Å². The van der Waals surface area contributed by atoms with Crippen LogP contribution in [-0.4, -0.2) is 25.7 Å². The smallest absolute Gasteiger partial charge is 0.227 e. The number of carbonyl (C=O) groups excluding carboxylic acids is 1. The van der Waals surface area contributed by atoms with Gasteiger partial charge in [-0.1, -0.05) is 18.6 Å². The van der Waals surface area contributed by atoms with Crippen molar-refractivity contribution in [3.05, 3.63) is 29.8 Å². The number of benzene rings is 1. The Morgan fingerprint density at radius 1 is 1.19 bits per heavy atom. The Balaban J connectivity index is 1.60. The molecule has 2 atom stereocenters. The van der Waals surface area contributed by atoms with Crippen LogP contribution in [0.3, 0.4) is 0 Å². The van der Waals surface area contributed by atoms with Gasteiger partial charge in [-0.25, -0.2) is 0 Å². The van der Waals surface area contributed by atoms with Gasteiger partial charge in [0.05, 0.1) is 13.2 Å². The summed E-state index contributed by atoms with van der Waals surface area (Å²) >= 11 is 0. The fraction of sp³-hybridized carbons (Fsp3) is 0.562. The Bertz CT molecular complexity index is 483. The first-order chi connectivity index (χ1) is 10.3. The number of anilines is 1. The van der Waals surface area contributed by atoms with Gasteiger partial charge in [0.15, 0.2) is 6.29 Å². The first-order valence-electron chi connectivity index (χ1n) is 7.62. The molecule has 1 amide bonds. The molecule has 1 aromatic rings. The summed E-state index contributed by atoms with van der Waals surface area (Å²) in [6.45, 7) is 1.85. The number of hydrogen-bond donors (Lipinski definition) is 2. The molecular weight excluding hydrogens is 268 g/mol. The average molecular weight is 290 g/mol. The predicted octanol–water partition coefficient (Wildman–Crippen LogP) is 2.05. The number of nitrogens with one attached hydrogen (secondary N) is 1. The lowest BCUT2D eigenvalue weighted by Gasteiger charge is -2.17. The molecule has 3 rings (SSSR count). The Morgan fingerprint density at radius 3 is 2.57 bits per heavy atom. The number of hydrogen-bond acceptors (Lipinski definition) is 4. The maximum absolute atomic E-state index is 12.3. The van der Waals surface area contributed by atoms with Crippen molar-refractivity contribution in [2.24, 2.45) is 17.6 Å². The standard InChI is InChI=1S/C16H22N2O3/c17-10-12-2-1-3-14(12)15(19)18-13-6-4-11(5-7-13)16-20-8-9-21-16/h4-7,12,14,16H,1-3,8-10,17H2,(H,18,19). The van der Waals surface area contributed by atoms with Gasteiger partial charge in [-0.3, -0.25) is 4.79 Å². The summed E-state index contributed by atoms with van der Waals surface area (Å²) in [4.78, 5) is 12.3. The van der Waals surface area contributed by atoms with Gasteiger partial charge < -0.3 is 20.5 Å². The Morgan fingerprint density at radius 2 is 1.90 bits per heavy atom. The molecule has 0 bridgehead atoms. The van der Waals surface area contributed by atoms with Crippen molar-refractivity contribution in [2.75, 3.05) is 25.1 Å². The Kier molecular flexibility index (Phi) is 4.53. The van der Waals surface area contributed by atoms with Crippen molar-refractivity contribution < 1.29 is 14.3 Å². The summed E-state index contributed by atoms with van der Waals surface area (Å²) in [5, 5.41) is 2.99. The fourth-order valence-electron chi connectivity index (χ4n) is 3.17. The summed E-state index contributed by atoms with van der Waals surface area (Å²) in [6, 6.07) is 7.65. The molecule has 1 aliphatic heterocycles. The second kappa shape index (κ2) is 6.56. The number of amides is 1. The van der Waals surface area contributed by atoms with Crippen LogP contribution in [-0.2, 0) is 14.3 Å². The highest BCUT2D eigenvalue weighted by molar-refractivity contribution is 5.92. The molecule has 2 aliphatic rings. The fourth-order valence-corrected chi connectivity index (χ4v) is 3.17. The lowest BCUT2D eigenvalue weighted by atomic mass is 9.95. The number of ether oxygens (including phenoxy) is 2. The van der Waals surface area contributed by atoms with E-state index >= 15 is 0 Å². The molecule has 1 aliphatic carbocycles. The average Bonchev–Trinajstić information content (AvgIpc) is 3.19. The van der Waals surface area contributed by atoms with Crippen LogP contribution in [0.25, 0.3) is 0 Å². The number of nitrogens with two attached hydrogens (primary N) is 1. The zero-order chi connectivity index (χ0) is 14.7. The van der Waals surface area contributed by atoms with Crippen LogP contribution in [0.4, 0.5) is 5.69 Å². The van der Waals surface area contributed by atoms with E-state index in [1.807, 2.05) is 24.3 Å². The zero-order valence-electron chi connectivity index (χ0n) is 12.1. The van der Waals surface area contributed by atoms with Crippen molar-refractivity contribution in [3.63, 3.8) is 0 Å². The first kappa shape index (κ1) is 14.5. The van der Waals surface area contributed by atoms with Crippen LogP contribution in [0.15, 0.2) is 24.3 Å². The molecule has 0 aromatic heterocycles. The lowest BCUT2D eigenvalue weighted by molar-refractivity contribution is -0.120. The second-order valence-corrected chi connectivity index (χ2v) is 5.72. The minimum absolute atomic E-state index is 0.0520. The summed E-state index contributed by atoms with van der Waals surface area (Å²) in [5.74, 6) is 0.463. The molecule has 21 heavy (non-hydrogen) atoms. The molecule has 0 spiro atoms. The van der Waals surface area contributed by atoms with Crippen LogP contribution >= 0.6 is 0 Å². The largest absolute Gasteiger partial charge is 0.346 e. The minimum atomic E-state index is -0.272. The lowest BCUT2D eigenvalue weighted by Crippen LogP contribution is -2.29. The second-order valence-electron chi connectivity index (χ2n) is 5.72. The zero-order valence-corrected chi connectivity index (χ0v) is 12.1. The molecule has 3 N–H and O–H groups in total. The van der Waals surface area contributed by atoms with Crippen molar-refractivity contribution in [1.82, 2.24) is 0 Å². The van der Waals surface area contributed by atoms with E-state index in [1.54, 1.807) is 0 Å².